The monoisotopic (exact) mass is 557 g/mol. The molecule has 0 unspecified atom stereocenters. The second kappa shape index (κ2) is 12.5. The van der Waals surface area contributed by atoms with Crippen LogP contribution in [0.4, 0.5) is 11.4 Å². The SMILES string of the molecule is CN(C)c1ccc(/C=C(\NC(=O)c2ccccc2Cl)C(=O)NN=Cc2ccc(-c3cccc([N+](=O)[O-])c3)o2)cc1. The summed E-state index contributed by atoms with van der Waals surface area (Å²) < 4.78 is 5.68. The lowest BCUT2D eigenvalue weighted by Crippen LogP contribution is -2.33. The first-order chi connectivity index (χ1) is 19.2. The molecule has 2 amide bonds. The van der Waals surface area contributed by atoms with Gasteiger partial charge in [0.2, 0.25) is 0 Å². The number of amides is 2. The zero-order chi connectivity index (χ0) is 28.6. The molecule has 0 radical (unpaired) electrons. The number of nitro benzene ring substituents is 1. The van der Waals surface area contributed by atoms with Crippen molar-refractivity contribution in [1.29, 1.82) is 0 Å². The number of nitrogens with zero attached hydrogens (tertiary/aromatic N) is 3. The number of hydrogen-bond acceptors (Lipinski definition) is 7. The number of rotatable bonds is 9. The van der Waals surface area contributed by atoms with Crippen molar-refractivity contribution in [2.75, 3.05) is 19.0 Å². The van der Waals surface area contributed by atoms with E-state index in [4.69, 9.17) is 16.0 Å². The first-order valence-corrected chi connectivity index (χ1v) is 12.3. The third kappa shape index (κ3) is 7.00. The average Bonchev–Trinajstić information content (AvgIpc) is 3.42. The molecule has 202 valence electrons. The average molecular weight is 558 g/mol. The number of halogens is 1. The smallest absolute Gasteiger partial charge is 0.287 e. The molecule has 0 aliphatic heterocycles. The number of nitrogens with one attached hydrogen (secondary N) is 2. The number of furan rings is 1. The van der Waals surface area contributed by atoms with Crippen molar-refractivity contribution in [2.45, 2.75) is 0 Å². The molecule has 4 aromatic rings. The van der Waals surface area contributed by atoms with Crippen molar-refractivity contribution >= 4 is 47.1 Å². The topological polar surface area (TPSA) is 130 Å². The van der Waals surface area contributed by atoms with Gasteiger partial charge in [-0.2, -0.15) is 5.10 Å². The van der Waals surface area contributed by atoms with E-state index in [1.165, 1.54) is 24.4 Å². The van der Waals surface area contributed by atoms with Gasteiger partial charge in [-0.25, -0.2) is 5.43 Å². The number of nitro groups is 1. The van der Waals surface area contributed by atoms with Crippen LogP contribution in [-0.2, 0) is 4.79 Å². The van der Waals surface area contributed by atoms with Gasteiger partial charge in [0.25, 0.3) is 17.5 Å². The first-order valence-electron chi connectivity index (χ1n) is 11.9. The lowest BCUT2D eigenvalue weighted by molar-refractivity contribution is -0.384. The third-order valence-corrected chi connectivity index (χ3v) is 5.99. The Morgan fingerprint density at radius 1 is 1.00 bits per heavy atom. The fourth-order valence-corrected chi connectivity index (χ4v) is 3.82. The predicted molar refractivity (Wildman–Crippen MR) is 154 cm³/mol. The van der Waals surface area contributed by atoms with Gasteiger partial charge in [0.1, 0.15) is 17.2 Å². The normalized spacial score (nSPS) is 11.3. The lowest BCUT2D eigenvalue weighted by atomic mass is 10.1. The van der Waals surface area contributed by atoms with Crippen molar-refractivity contribution in [2.24, 2.45) is 5.10 Å². The molecule has 0 bridgehead atoms. The van der Waals surface area contributed by atoms with E-state index in [2.05, 4.69) is 15.8 Å². The minimum Gasteiger partial charge on any atom is -0.455 e. The Bertz CT molecular complexity index is 1610. The van der Waals surface area contributed by atoms with Crippen LogP contribution in [-0.4, -0.2) is 37.0 Å². The number of carbonyl (C=O) groups is 2. The van der Waals surface area contributed by atoms with E-state index in [-0.39, 0.29) is 22.0 Å². The standard InChI is InChI=1S/C29H24ClN5O5/c1-34(2)21-12-10-19(11-13-21)16-26(32-28(36)24-8-3-4-9-25(24)30)29(37)33-31-18-23-14-15-27(40-23)20-6-5-7-22(17-20)35(38)39/h3-18H,1-2H3,(H,32,36)(H,33,37)/b26-16-,31-18?. The summed E-state index contributed by atoms with van der Waals surface area (Å²) in [5.41, 5.74) is 4.63. The van der Waals surface area contributed by atoms with Gasteiger partial charge in [-0.1, -0.05) is 48.0 Å². The second-order valence-electron chi connectivity index (χ2n) is 8.69. The fraction of sp³-hybridized carbons (Fsp3) is 0.0690. The molecule has 3 aromatic carbocycles. The Morgan fingerprint density at radius 3 is 2.45 bits per heavy atom. The summed E-state index contributed by atoms with van der Waals surface area (Å²) in [6, 6.07) is 23.1. The Morgan fingerprint density at radius 2 is 1.75 bits per heavy atom. The summed E-state index contributed by atoms with van der Waals surface area (Å²) in [5.74, 6) is -0.552. The zero-order valence-electron chi connectivity index (χ0n) is 21.5. The van der Waals surface area contributed by atoms with Gasteiger partial charge >= 0.3 is 0 Å². The van der Waals surface area contributed by atoms with Gasteiger partial charge in [0.15, 0.2) is 0 Å². The van der Waals surface area contributed by atoms with Crippen molar-refractivity contribution in [3.05, 3.63) is 123 Å². The number of hydrazone groups is 1. The predicted octanol–water partition coefficient (Wildman–Crippen LogP) is 5.50. The highest BCUT2D eigenvalue weighted by molar-refractivity contribution is 6.34. The van der Waals surface area contributed by atoms with Crippen LogP contribution in [0.3, 0.4) is 0 Å². The maximum absolute atomic E-state index is 13.0. The van der Waals surface area contributed by atoms with E-state index in [0.29, 0.717) is 22.6 Å². The minimum atomic E-state index is -0.682. The molecule has 1 aromatic heterocycles. The van der Waals surface area contributed by atoms with Crippen molar-refractivity contribution in [3.63, 3.8) is 0 Å². The molecule has 2 N–H and O–H groups in total. The highest BCUT2D eigenvalue weighted by Gasteiger charge is 2.17. The summed E-state index contributed by atoms with van der Waals surface area (Å²) in [4.78, 5) is 38.4. The number of non-ortho nitro benzene ring substituents is 1. The fourth-order valence-electron chi connectivity index (χ4n) is 3.59. The molecule has 0 atom stereocenters. The zero-order valence-corrected chi connectivity index (χ0v) is 22.3. The molecule has 0 saturated carbocycles. The molecule has 11 heteroatoms. The summed E-state index contributed by atoms with van der Waals surface area (Å²) in [7, 11) is 3.83. The molecule has 10 nitrogen and oxygen atoms in total. The van der Waals surface area contributed by atoms with E-state index in [1.54, 1.807) is 48.5 Å². The van der Waals surface area contributed by atoms with Crippen LogP contribution < -0.4 is 15.6 Å². The number of anilines is 1. The van der Waals surface area contributed by atoms with E-state index in [0.717, 1.165) is 5.69 Å². The van der Waals surface area contributed by atoms with Crippen LogP contribution in [0, 0.1) is 10.1 Å². The number of benzene rings is 3. The Balaban J connectivity index is 1.52. The molecule has 0 aliphatic carbocycles. The van der Waals surface area contributed by atoms with Crippen molar-refractivity contribution in [1.82, 2.24) is 10.7 Å². The van der Waals surface area contributed by atoms with Gasteiger partial charge in [-0.05, 0) is 48.0 Å². The van der Waals surface area contributed by atoms with E-state index in [1.807, 2.05) is 43.3 Å². The van der Waals surface area contributed by atoms with E-state index >= 15 is 0 Å². The maximum Gasteiger partial charge on any atom is 0.287 e. The highest BCUT2D eigenvalue weighted by Crippen LogP contribution is 2.25. The van der Waals surface area contributed by atoms with E-state index < -0.39 is 16.7 Å². The molecule has 4 rings (SSSR count). The first kappa shape index (κ1) is 27.8. The molecular formula is C29H24ClN5O5. The molecule has 0 aliphatic rings. The van der Waals surface area contributed by atoms with Gasteiger partial charge in [-0.3, -0.25) is 19.7 Å². The number of carbonyl (C=O) groups excluding carboxylic acids is 2. The van der Waals surface area contributed by atoms with Gasteiger partial charge < -0.3 is 14.6 Å². The van der Waals surface area contributed by atoms with Crippen LogP contribution >= 0.6 is 11.6 Å². The molecule has 0 spiro atoms. The Labute approximate surface area is 234 Å². The summed E-state index contributed by atoms with van der Waals surface area (Å²) >= 11 is 6.16. The second-order valence-corrected chi connectivity index (χ2v) is 9.09. The van der Waals surface area contributed by atoms with Crippen LogP contribution in [0.2, 0.25) is 5.02 Å². The largest absolute Gasteiger partial charge is 0.455 e. The summed E-state index contributed by atoms with van der Waals surface area (Å²) in [6.07, 6.45) is 2.80. The molecule has 1 heterocycles. The molecule has 0 saturated heterocycles. The van der Waals surface area contributed by atoms with E-state index in [9.17, 15) is 19.7 Å². The highest BCUT2D eigenvalue weighted by atomic mass is 35.5. The quantitative estimate of drug-likeness (QED) is 0.121. The number of hydrogen-bond donors (Lipinski definition) is 2. The molecule has 40 heavy (non-hydrogen) atoms. The van der Waals surface area contributed by atoms with Crippen LogP contribution in [0.15, 0.2) is 100 Å². The Kier molecular flexibility index (Phi) is 8.72. The van der Waals surface area contributed by atoms with Crippen LogP contribution in [0.5, 0.6) is 0 Å². The third-order valence-electron chi connectivity index (χ3n) is 5.66. The lowest BCUT2D eigenvalue weighted by Gasteiger charge is -2.13. The summed E-state index contributed by atoms with van der Waals surface area (Å²) in [6.45, 7) is 0. The summed E-state index contributed by atoms with van der Waals surface area (Å²) in [5, 5.41) is 17.8. The van der Waals surface area contributed by atoms with Gasteiger partial charge in [-0.15, -0.1) is 0 Å². The van der Waals surface area contributed by atoms with Crippen LogP contribution in [0.1, 0.15) is 21.7 Å². The molecular weight excluding hydrogens is 534 g/mol. The van der Waals surface area contributed by atoms with Gasteiger partial charge in [0.05, 0.1) is 21.7 Å². The van der Waals surface area contributed by atoms with Gasteiger partial charge in [0, 0.05) is 37.5 Å². The Hall–Kier alpha value is -5.22. The van der Waals surface area contributed by atoms with Crippen molar-refractivity contribution in [3.8, 4) is 11.3 Å². The molecule has 0 fully saturated rings. The minimum absolute atomic E-state index is 0.0589. The van der Waals surface area contributed by atoms with Crippen molar-refractivity contribution < 1.29 is 18.9 Å². The van der Waals surface area contributed by atoms with Crippen LogP contribution in [0.25, 0.3) is 17.4 Å². The maximum atomic E-state index is 13.0.